The van der Waals surface area contributed by atoms with E-state index in [-0.39, 0.29) is 23.6 Å². The molecule has 0 N–H and O–H groups in total. The molecule has 0 aromatic carbocycles. The van der Waals surface area contributed by atoms with Crippen molar-refractivity contribution >= 4 is 11.6 Å². The van der Waals surface area contributed by atoms with Crippen LogP contribution in [0.5, 0.6) is 0 Å². The lowest BCUT2D eigenvalue weighted by Gasteiger charge is -2.06. The second-order valence-corrected chi connectivity index (χ2v) is 3.00. The van der Waals surface area contributed by atoms with Gasteiger partial charge in [0, 0.05) is 5.56 Å². The fourth-order valence-corrected chi connectivity index (χ4v) is 1.26. The Balaban J connectivity index is 3.26. The van der Waals surface area contributed by atoms with Crippen LogP contribution >= 0.6 is 11.6 Å². The summed E-state index contributed by atoms with van der Waals surface area (Å²) in [6.45, 7) is 0. The summed E-state index contributed by atoms with van der Waals surface area (Å²) >= 11 is 5.39. The van der Waals surface area contributed by atoms with Gasteiger partial charge in [0.15, 0.2) is 0 Å². The highest BCUT2D eigenvalue weighted by atomic mass is 35.5. The van der Waals surface area contributed by atoms with Crippen molar-refractivity contribution in [2.24, 2.45) is 0 Å². The summed E-state index contributed by atoms with van der Waals surface area (Å²) in [7, 11) is 0. The second-order valence-electron chi connectivity index (χ2n) is 2.74. The van der Waals surface area contributed by atoms with E-state index in [0.29, 0.717) is 0 Å². The van der Waals surface area contributed by atoms with Crippen molar-refractivity contribution in [1.29, 1.82) is 5.26 Å². The number of alkyl halides is 3. The predicted molar refractivity (Wildman–Crippen MR) is 48.0 cm³/mol. The summed E-state index contributed by atoms with van der Waals surface area (Å²) in [5.74, 6) is -1.01. The number of rotatable bonds is 3. The SMILES string of the molecule is N#CCc1nc(C(F)F)cc(CCl)c1F. The molecule has 0 unspecified atom stereocenters. The Morgan fingerprint density at radius 2 is 2.20 bits per heavy atom. The molecule has 0 amide bonds. The maximum Gasteiger partial charge on any atom is 0.280 e. The molecule has 0 radical (unpaired) electrons. The number of pyridine rings is 1. The lowest BCUT2D eigenvalue weighted by molar-refractivity contribution is 0.145. The largest absolute Gasteiger partial charge is 0.280 e. The van der Waals surface area contributed by atoms with E-state index in [1.165, 1.54) is 0 Å². The van der Waals surface area contributed by atoms with E-state index in [4.69, 9.17) is 16.9 Å². The molecule has 1 heterocycles. The smallest absolute Gasteiger partial charge is 0.248 e. The van der Waals surface area contributed by atoms with Gasteiger partial charge in [-0.1, -0.05) is 0 Å². The van der Waals surface area contributed by atoms with Crippen molar-refractivity contribution in [2.45, 2.75) is 18.7 Å². The zero-order valence-electron chi connectivity index (χ0n) is 7.48. The van der Waals surface area contributed by atoms with Crippen LogP contribution in [-0.2, 0) is 12.3 Å². The Bertz CT molecular complexity index is 401. The number of hydrogen-bond donors (Lipinski definition) is 0. The maximum absolute atomic E-state index is 13.4. The van der Waals surface area contributed by atoms with Crippen molar-refractivity contribution in [2.75, 3.05) is 0 Å². The molecule has 0 fully saturated rings. The first-order valence-corrected chi connectivity index (χ1v) is 4.52. The first-order chi connectivity index (χ1) is 7.10. The average molecular weight is 235 g/mol. The molecule has 15 heavy (non-hydrogen) atoms. The number of nitrogens with zero attached hydrogens (tertiary/aromatic N) is 2. The normalized spacial score (nSPS) is 10.4. The number of aromatic nitrogens is 1. The molecule has 2 nitrogen and oxygen atoms in total. The minimum absolute atomic E-state index is 0.0628. The van der Waals surface area contributed by atoms with Crippen LogP contribution in [0.2, 0.25) is 0 Å². The van der Waals surface area contributed by atoms with E-state index in [0.717, 1.165) is 6.07 Å². The molecule has 0 aliphatic carbocycles. The Hall–Kier alpha value is -1.28. The van der Waals surface area contributed by atoms with Crippen molar-refractivity contribution in [3.05, 3.63) is 28.8 Å². The molecule has 0 saturated carbocycles. The van der Waals surface area contributed by atoms with Gasteiger partial charge < -0.3 is 0 Å². The van der Waals surface area contributed by atoms with E-state index in [9.17, 15) is 13.2 Å². The summed E-state index contributed by atoms with van der Waals surface area (Å²) in [6.07, 6.45) is -3.15. The van der Waals surface area contributed by atoms with Gasteiger partial charge in [-0.15, -0.1) is 11.6 Å². The van der Waals surface area contributed by atoms with Crippen molar-refractivity contribution in [3.8, 4) is 6.07 Å². The molecule has 6 heteroatoms. The zero-order valence-corrected chi connectivity index (χ0v) is 8.23. The van der Waals surface area contributed by atoms with E-state index < -0.39 is 17.9 Å². The molecular formula is C9H6ClF3N2. The molecular weight excluding hydrogens is 229 g/mol. The zero-order chi connectivity index (χ0) is 11.4. The van der Waals surface area contributed by atoms with Crippen LogP contribution < -0.4 is 0 Å². The molecule has 0 aliphatic rings. The van der Waals surface area contributed by atoms with Gasteiger partial charge in [0.1, 0.15) is 11.5 Å². The lowest BCUT2D eigenvalue weighted by atomic mass is 10.1. The molecule has 0 aliphatic heterocycles. The molecule has 0 spiro atoms. The lowest BCUT2D eigenvalue weighted by Crippen LogP contribution is -2.03. The fourth-order valence-electron chi connectivity index (χ4n) is 1.07. The van der Waals surface area contributed by atoms with Crippen molar-refractivity contribution < 1.29 is 13.2 Å². The van der Waals surface area contributed by atoms with Crippen LogP contribution in [-0.4, -0.2) is 4.98 Å². The second kappa shape index (κ2) is 4.99. The molecule has 0 atom stereocenters. The van der Waals surface area contributed by atoms with Gasteiger partial charge in [0.2, 0.25) is 0 Å². The number of nitriles is 1. The molecule has 1 aromatic heterocycles. The summed E-state index contributed by atoms with van der Waals surface area (Å²) in [4.78, 5) is 3.36. The molecule has 1 aromatic rings. The fraction of sp³-hybridized carbons (Fsp3) is 0.333. The molecule has 1 rings (SSSR count). The highest BCUT2D eigenvalue weighted by molar-refractivity contribution is 6.17. The van der Waals surface area contributed by atoms with Gasteiger partial charge in [-0.3, -0.25) is 0 Å². The quantitative estimate of drug-likeness (QED) is 0.754. The van der Waals surface area contributed by atoms with Gasteiger partial charge in [-0.2, -0.15) is 5.26 Å². The van der Waals surface area contributed by atoms with Gasteiger partial charge in [-0.25, -0.2) is 18.2 Å². The topological polar surface area (TPSA) is 36.7 Å². The summed E-state index contributed by atoms with van der Waals surface area (Å²) < 4.78 is 38.0. The van der Waals surface area contributed by atoms with Gasteiger partial charge in [-0.05, 0) is 6.07 Å². The summed E-state index contributed by atoms with van der Waals surface area (Å²) in [6, 6.07) is 2.56. The Labute approximate surface area is 89.3 Å². The van der Waals surface area contributed by atoms with Gasteiger partial charge in [0.25, 0.3) is 6.43 Å². The van der Waals surface area contributed by atoms with Gasteiger partial charge >= 0.3 is 0 Å². The van der Waals surface area contributed by atoms with Crippen LogP contribution in [0.3, 0.4) is 0 Å². The van der Waals surface area contributed by atoms with E-state index in [2.05, 4.69) is 4.98 Å². The summed E-state index contributed by atoms with van der Waals surface area (Å²) in [5.41, 5.74) is -0.907. The van der Waals surface area contributed by atoms with Crippen molar-refractivity contribution in [1.82, 2.24) is 4.98 Å². The number of hydrogen-bond acceptors (Lipinski definition) is 2. The standard InChI is InChI=1S/C9H6ClF3N2/c10-4-5-3-7(9(12)13)15-6(1-2-14)8(5)11/h3,9H,1,4H2. The van der Waals surface area contributed by atoms with Crippen LogP contribution in [0.4, 0.5) is 13.2 Å². The van der Waals surface area contributed by atoms with Crippen LogP contribution in [0, 0.1) is 17.1 Å². The molecule has 0 saturated heterocycles. The van der Waals surface area contributed by atoms with Crippen LogP contribution in [0.1, 0.15) is 23.4 Å². The van der Waals surface area contributed by atoms with Crippen LogP contribution in [0.15, 0.2) is 6.07 Å². The third-order valence-electron chi connectivity index (χ3n) is 1.74. The molecule has 0 bridgehead atoms. The third kappa shape index (κ3) is 2.60. The van der Waals surface area contributed by atoms with E-state index >= 15 is 0 Å². The first-order valence-electron chi connectivity index (χ1n) is 3.99. The van der Waals surface area contributed by atoms with E-state index in [1.807, 2.05) is 0 Å². The van der Waals surface area contributed by atoms with Crippen LogP contribution in [0.25, 0.3) is 0 Å². The summed E-state index contributed by atoms with van der Waals surface area (Å²) in [5, 5.41) is 8.36. The Morgan fingerprint density at radius 3 is 2.67 bits per heavy atom. The third-order valence-corrected chi connectivity index (χ3v) is 2.02. The predicted octanol–water partition coefficient (Wildman–Crippen LogP) is 2.96. The van der Waals surface area contributed by atoms with Crippen molar-refractivity contribution in [3.63, 3.8) is 0 Å². The minimum atomic E-state index is -2.80. The average Bonchev–Trinajstić information content (AvgIpc) is 2.21. The van der Waals surface area contributed by atoms with Gasteiger partial charge in [0.05, 0.1) is 24.1 Å². The molecule has 80 valence electrons. The Kier molecular flexibility index (Phi) is 3.92. The highest BCUT2D eigenvalue weighted by Crippen LogP contribution is 2.22. The highest BCUT2D eigenvalue weighted by Gasteiger charge is 2.16. The maximum atomic E-state index is 13.4. The monoisotopic (exact) mass is 234 g/mol. The first kappa shape index (κ1) is 11.8. The van der Waals surface area contributed by atoms with E-state index in [1.54, 1.807) is 6.07 Å². The Morgan fingerprint density at radius 1 is 1.53 bits per heavy atom. The number of halogens is 4. The minimum Gasteiger partial charge on any atom is -0.248 e.